The second-order valence-corrected chi connectivity index (χ2v) is 6.26. The standard InChI is InChI=1S/C21H16FN4O/c1-26-19(27)21(25-20(26)23,15-8-3-2-4-9-15)16-10-5-7-14(13-16)17-11-6-12-24-18(17)22/h3-13H,1H3,(H2,23,25). The van der Waals surface area contributed by atoms with E-state index in [0.29, 0.717) is 22.3 Å². The summed E-state index contributed by atoms with van der Waals surface area (Å²) in [5.74, 6) is -0.711. The lowest BCUT2D eigenvalue weighted by Crippen LogP contribution is -2.41. The molecule has 2 aromatic carbocycles. The molecular weight excluding hydrogens is 343 g/mol. The van der Waals surface area contributed by atoms with Crippen molar-refractivity contribution in [2.75, 3.05) is 7.05 Å². The third-order valence-corrected chi connectivity index (χ3v) is 4.73. The number of benzene rings is 2. The van der Waals surface area contributed by atoms with Crippen LogP contribution in [0.15, 0.2) is 71.9 Å². The van der Waals surface area contributed by atoms with Gasteiger partial charge in [0.05, 0.1) is 0 Å². The first kappa shape index (κ1) is 16.9. The molecule has 0 fully saturated rings. The average molecular weight is 359 g/mol. The van der Waals surface area contributed by atoms with Gasteiger partial charge in [0, 0.05) is 18.8 Å². The van der Waals surface area contributed by atoms with Gasteiger partial charge in [-0.1, -0.05) is 42.5 Å². The van der Waals surface area contributed by atoms with Crippen LogP contribution in [0.25, 0.3) is 11.1 Å². The van der Waals surface area contributed by atoms with E-state index in [1.807, 2.05) is 0 Å². The minimum atomic E-state index is -1.32. The van der Waals surface area contributed by atoms with Gasteiger partial charge in [-0.3, -0.25) is 9.69 Å². The van der Waals surface area contributed by atoms with E-state index in [0.717, 1.165) is 0 Å². The number of aliphatic imine (C=N–C) groups is 1. The Labute approximate surface area is 156 Å². The largest absolute Gasteiger partial charge is 0.369 e. The van der Waals surface area contributed by atoms with E-state index < -0.39 is 11.5 Å². The van der Waals surface area contributed by atoms with Crippen LogP contribution in [0.5, 0.6) is 0 Å². The molecule has 3 aromatic rings. The molecule has 0 saturated heterocycles. The lowest BCUT2D eigenvalue weighted by Gasteiger charge is -2.26. The van der Waals surface area contributed by atoms with E-state index in [1.54, 1.807) is 67.7 Å². The minimum absolute atomic E-state index is 0.130. The molecule has 4 rings (SSSR count). The molecule has 1 unspecified atom stereocenters. The molecule has 0 saturated carbocycles. The number of carbonyl (C=O) groups is 1. The van der Waals surface area contributed by atoms with Crippen molar-refractivity contribution in [3.8, 4) is 11.1 Å². The van der Waals surface area contributed by atoms with E-state index in [-0.39, 0.29) is 11.9 Å². The number of pyridine rings is 1. The second-order valence-electron chi connectivity index (χ2n) is 6.26. The maximum Gasteiger partial charge on any atom is 0.266 e. The first-order chi connectivity index (χ1) is 13.0. The number of rotatable bonds is 3. The normalized spacial score (nSPS) is 19.3. The van der Waals surface area contributed by atoms with Gasteiger partial charge in [-0.25, -0.2) is 9.98 Å². The molecule has 5 nitrogen and oxygen atoms in total. The fourth-order valence-electron chi connectivity index (χ4n) is 3.33. The van der Waals surface area contributed by atoms with Crippen molar-refractivity contribution in [3.05, 3.63) is 90.0 Å². The van der Waals surface area contributed by atoms with E-state index in [4.69, 9.17) is 5.73 Å². The van der Waals surface area contributed by atoms with Crippen molar-refractivity contribution in [2.24, 2.45) is 10.7 Å². The smallest absolute Gasteiger partial charge is 0.266 e. The minimum Gasteiger partial charge on any atom is -0.369 e. The highest BCUT2D eigenvalue weighted by Gasteiger charge is 2.49. The molecule has 1 radical (unpaired) electrons. The molecule has 0 spiro atoms. The SMILES string of the molecule is CN1C(=O)C(c2cc[c]cc2)(c2cccc(-c3cccnc3F)c2)N=C1N. The Hall–Kier alpha value is -3.54. The van der Waals surface area contributed by atoms with E-state index in [9.17, 15) is 9.18 Å². The molecule has 133 valence electrons. The number of carbonyl (C=O) groups excluding carboxylic acids is 1. The summed E-state index contributed by atoms with van der Waals surface area (Å²) in [6, 6.07) is 20.4. The number of likely N-dealkylation sites (N-methyl/N-ethyl adjacent to an activating group) is 1. The summed E-state index contributed by atoms with van der Waals surface area (Å²) in [4.78, 5) is 22.7. The van der Waals surface area contributed by atoms with Crippen molar-refractivity contribution >= 4 is 11.9 Å². The van der Waals surface area contributed by atoms with Crippen molar-refractivity contribution < 1.29 is 9.18 Å². The average Bonchev–Trinajstić information content (AvgIpc) is 2.94. The van der Waals surface area contributed by atoms with Gasteiger partial charge in [0.2, 0.25) is 5.95 Å². The van der Waals surface area contributed by atoms with Crippen LogP contribution < -0.4 is 5.73 Å². The van der Waals surface area contributed by atoms with Crippen molar-refractivity contribution in [1.82, 2.24) is 9.88 Å². The summed E-state index contributed by atoms with van der Waals surface area (Å²) < 4.78 is 14.2. The summed E-state index contributed by atoms with van der Waals surface area (Å²) in [5, 5.41) is 0. The lowest BCUT2D eigenvalue weighted by atomic mass is 9.82. The summed E-state index contributed by atoms with van der Waals surface area (Å²) in [6.45, 7) is 0. The highest BCUT2D eigenvalue weighted by atomic mass is 19.1. The molecule has 1 aliphatic heterocycles. The molecular formula is C21H16FN4O. The summed E-state index contributed by atoms with van der Waals surface area (Å²) in [7, 11) is 1.59. The molecule has 1 amide bonds. The molecule has 0 aliphatic carbocycles. The Kier molecular flexibility index (Phi) is 3.96. The van der Waals surface area contributed by atoms with Gasteiger partial charge in [0.1, 0.15) is 0 Å². The number of aromatic nitrogens is 1. The van der Waals surface area contributed by atoms with Crippen LogP contribution in [0.4, 0.5) is 4.39 Å². The van der Waals surface area contributed by atoms with Gasteiger partial charge in [-0.2, -0.15) is 4.39 Å². The zero-order valence-electron chi connectivity index (χ0n) is 14.6. The zero-order valence-corrected chi connectivity index (χ0v) is 14.6. The summed E-state index contributed by atoms with van der Waals surface area (Å²) >= 11 is 0. The molecule has 2 heterocycles. The molecule has 1 aliphatic rings. The van der Waals surface area contributed by atoms with Crippen LogP contribution in [-0.2, 0) is 10.3 Å². The maximum atomic E-state index is 14.2. The van der Waals surface area contributed by atoms with Gasteiger partial charge in [0.15, 0.2) is 11.5 Å². The van der Waals surface area contributed by atoms with Crippen LogP contribution in [0.2, 0.25) is 0 Å². The number of nitrogens with zero attached hydrogens (tertiary/aromatic N) is 3. The number of guanidine groups is 1. The quantitative estimate of drug-likeness (QED) is 0.731. The van der Waals surface area contributed by atoms with E-state index in [2.05, 4.69) is 16.0 Å². The van der Waals surface area contributed by atoms with Gasteiger partial charge in [-0.15, -0.1) is 0 Å². The van der Waals surface area contributed by atoms with Crippen molar-refractivity contribution in [2.45, 2.75) is 5.54 Å². The van der Waals surface area contributed by atoms with Crippen molar-refractivity contribution in [1.29, 1.82) is 0 Å². The predicted octanol–water partition coefficient (Wildman–Crippen LogP) is 2.72. The van der Waals surface area contributed by atoms with Crippen LogP contribution in [0.3, 0.4) is 0 Å². The summed E-state index contributed by atoms with van der Waals surface area (Å²) in [5.41, 5.74) is 6.89. The maximum absolute atomic E-state index is 14.2. The Balaban J connectivity index is 1.95. The first-order valence-electron chi connectivity index (χ1n) is 8.35. The van der Waals surface area contributed by atoms with E-state index in [1.165, 1.54) is 11.1 Å². The van der Waals surface area contributed by atoms with Gasteiger partial charge < -0.3 is 5.73 Å². The Bertz CT molecular complexity index is 1050. The first-order valence-corrected chi connectivity index (χ1v) is 8.35. The van der Waals surface area contributed by atoms with Gasteiger partial charge >= 0.3 is 0 Å². The third kappa shape index (κ3) is 2.57. The highest BCUT2D eigenvalue weighted by Crippen LogP contribution is 2.40. The number of halogens is 1. The zero-order chi connectivity index (χ0) is 19.0. The molecule has 1 aromatic heterocycles. The van der Waals surface area contributed by atoms with Gasteiger partial charge in [0.25, 0.3) is 5.91 Å². The fourth-order valence-corrected chi connectivity index (χ4v) is 3.33. The molecule has 27 heavy (non-hydrogen) atoms. The van der Waals surface area contributed by atoms with Crippen LogP contribution in [0.1, 0.15) is 11.1 Å². The Morgan fingerprint density at radius 2 is 1.89 bits per heavy atom. The number of amides is 1. The molecule has 2 N–H and O–H groups in total. The predicted molar refractivity (Wildman–Crippen MR) is 100 cm³/mol. The Morgan fingerprint density at radius 3 is 2.56 bits per heavy atom. The third-order valence-electron chi connectivity index (χ3n) is 4.73. The monoisotopic (exact) mass is 359 g/mol. The Morgan fingerprint density at radius 1 is 1.11 bits per heavy atom. The summed E-state index contributed by atoms with van der Waals surface area (Å²) in [6.07, 6.45) is 1.39. The number of hydrogen-bond donors (Lipinski definition) is 1. The van der Waals surface area contributed by atoms with E-state index >= 15 is 0 Å². The van der Waals surface area contributed by atoms with Gasteiger partial charge in [-0.05, 0) is 41.0 Å². The molecule has 6 heteroatoms. The van der Waals surface area contributed by atoms with Crippen LogP contribution in [0, 0.1) is 12.0 Å². The molecule has 0 bridgehead atoms. The second kappa shape index (κ2) is 6.32. The number of nitrogens with two attached hydrogens (primary N) is 1. The van der Waals surface area contributed by atoms with Crippen molar-refractivity contribution in [3.63, 3.8) is 0 Å². The van der Waals surface area contributed by atoms with Crippen LogP contribution in [-0.4, -0.2) is 28.8 Å². The topological polar surface area (TPSA) is 71.6 Å². The van der Waals surface area contributed by atoms with Crippen LogP contribution >= 0.6 is 0 Å². The lowest BCUT2D eigenvalue weighted by molar-refractivity contribution is -0.129. The highest BCUT2D eigenvalue weighted by molar-refractivity contribution is 6.09. The fraction of sp³-hybridized carbons (Fsp3) is 0.0952. The number of hydrogen-bond acceptors (Lipinski definition) is 4. The molecule has 1 atom stereocenters.